The van der Waals surface area contributed by atoms with Crippen LogP contribution in [0.1, 0.15) is 23.7 Å². The molecule has 4 rings (SSSR count). The molecule has 1 fully saturated rings. The minimum absolute atomic E-state index is 0.0666. The van der Waals surface area contributed by atoms with Gasteiger partial charge in [0, 0.05) is 38.1 Å². The van der Waals surface area contributed by atoms with Crippen LogP contribution in [-0.2, 0) is 14.3 Å². The number of anilines is 2. The van der Waals surface area contributed by atoms with E-state index in [1.54, 1.807) is 37.4 Å². The van der Waals surface area contributed by atoms with Crippen LogP contribution in [0, 0.1) is 0 Å². The molecule has 1 saturated heterocycles. The van der Waals surface area contributed by atoms with Gasteiger partial charge in [0.2, 0.25) is 11.9 Å². The molecule has 0 radical (unpaired) electrons. The summed E-state index contributed by atoms with van der Waals surface area (Å²) in [4.78, 5) is 49.6. The van der Waals surface area contributed by atoms with E-state index in [4.69, 9.17) is 4.74 Å². The lowest BCUT2D eigenvalue weighted by molar-refractivity contribution is -0.123. The van der Waals surface area contributed by atoms with Gasteiger partial charge in [0.25, 0.3) is 5.91 Å². The molecule has 0 saturated carbocycles. The molecule has 3 heterocycles. The molecule has 172 valence electrons. The van der Waals surface area contributed by atoms with Gasteiger partial charge in [-0.05, 0) is 43.3 Å². The summed E-state index contributed by atoms with van der Waals surface area (Å²) in [5.41, 5.74) is 0.934. The Hall–Kier alpha value is -3.95. The zero-order valence-electron chi connectivity index (χ0n) is 18.4. The number of rotatable bonds is 6. The number of guanidine groups is 1. The van der Waals surface area contributed by atoms with Gasteiger partial charge in [-0.25, -0.2) is 14.8 Å². The average Bonchev–Trinajstić information content (AvgIpc) is 3.20. The van der Waals surface area contributed by atoms with Crippen LogP contribution in [0.5, 0.6) is 0 Å². The van der Waals surface area contributed by atoms with Crippen molar-refractivity contribution >= 4 is 35.2 Å². The highest BCUT2D eigenvalue weighted by Gasteiger charge is 2.32. The number of esters is 1. The fourth-order valence-corrected chi connectivity index (χ4v) is 3.71. The van der Waals surface area contributed by atoms with E-state index in [1.165, 1.54) is 0 Å². The lowest BCUT2D eigenvalue weighted by Gasteiger charge is -2.36. The number of hydrogen-bond acceptors (Lipinski definition) is 8. The van der Waals surface area contributed by atoms with E-state index in [9.17, 15) is 14.4 Å². The van der Waals surface area contributed by atoms with Gasteiger partial charge in [0.05, 0.1) is 18.6 Å². The summed E-state index contributed by atoms with van der Waals surface area (Å²) in [6.45, 7) is 4.95. The molecule has 1 aromatic heterocycles. The van der Waals surface area contributed by atoms with Crippen molar-refractivity contribution in [2.24, 2.45) is 4.99 Å². The Bertz CT molecular complexity index is 1030. The van der Waals surface area contributed by atoms with Crippen LogP contribution < -0.4 is 15.5 Å². The molecule has 0 aliphatic carbocycles. The van der Waals surface area contributed by atoms with Gasteiger partial charge in [0.1, 0.15) is 11.9 Å². The Morgan fingerprint density at radius 2 is 1.82 bits per heavy atom. The van der Waals surface area contributed by atoms with E-state index < -0.39 is 12.0 Å². The Morgan fingerprint density at radius 1 is 1.09 bits per heavy atom. The SMILES string of the molecule is CCOC(=O)c1ccc(NC(=O)C[C@@H]2N=C(N3CCN(c4ccccn4)CC3)NC2=O)cc1. The Balaban J connectivity index is 1.29. The number of hydrogen-bond donors (Lipinski definition) is 2. The van der Waals surface area contributed by atoms with Crippen molar-refractivity contribution < 1.29 is 19.1 Å². The summed E-state index contributed by atoms with van der Waals surface area (Å²) < 4.78 is 4.94. The third kappa shape index (κ3) is 5.46. The normalized spacial score (nSPS) is 17.9. The van der Waals surface area contributed by atoms with Crippen LogP contribution >= 0.6 is 0 Å². The van der Waals surface area contributed by atoms with E-state index in [0.29, 0.717) is 36.9 Å². The van der Waals surface area contributed by atoms with Gasteiger partial charge in [-0.1, -0.05) is 6.07 Å². The molecular weight excluding hydrogens is 424 g/mol. The number of ether oxygens (including phenoxy) is 1. The molecule has 2 aliphatic heterocycles. The average molecular weight is 450 g/mol. The van der Waals surface area contributed by atoms with Crippen molar-refractivity contribution in [3.63, 3.8) is 0 Å². The number of aliphatic imine (C=N–C) groups is 1. The van der Waals surface area contributed by atoms with Crippen molar-refractivity contribution in [3.05, 3.63) is 54.2 Å². The van der Waals surface area contributed by atoms with Crippen LogP contribution in [0.25, 0.3) is 0 Å². The van der Waals surface area contributed by atoms with Crippen LogP contribution in [0.3, 0.4) is 0 Å². The van der Waals surface area contributed by atoms with Crippen LogP contribution in [-0.4, -0.2) is 72.5 Å². The Kier molecular flexibility index (Phi) is 6.82. The number of aromatic nitrogens is 1. The highest BCUT2D eigenvalue weighted by Crippen LogP contribution is 2.16. The Morgan fingerprint density at radius 3 is 2.48 bits per heavy atom. The van der Waals surface area contributed by atoms with E-state index in [0.717, 1.165) is 18.9 Å². The number of piperazine rings is 1. The lowest BCUT2D eigenvalue weighted by Crippen LogP contribution is -2.52. The van der Waals surface area contributed by atoms with Gasteiger partial charge < -0.3 is 19.9 Å². The second kappa shape index (κ2) is 10.1. The largest absolute Gasteiger partial charge is 0.462 e. The number of carbonyl (C=O) groups is 3. The van der Waals surface area contributed by atoms with Gasteiger partial charge in [-0.15, -0.1) is 0 Å². The van der Waals surface area contributed by atoms with Crippen molar-refractivity contribution in [2.75, 3.05) is 43.0 Å². The summed E-state index contributed by atoms with van der Waals surface area (Å²) in [6, 6.07) is 11.4. The summed E-state index contributed by atoms with van der Waals surface area (Å²) in [5.74, 6) is 0.409. The summed E-state index contributed by atoms with van der Waals surface area (Å²) in [6.07, 6.45) is 1.70. The first-order chi connectivity index (χ1) is 16.0. The zero-order chi connectivity index (χ0) is 23.2. The number of pyridine rings is 1. The Labute approximate surface area is 191 Å². The third-order valence-electron chi connectivity index (χ3n) is 5.43. The summed E-state index contributed by atoms with van der Waals surface area (Å²) in [7, 11) is 0. The van der Waals surface area contributed by atoms with Crippen molar-refractivity contribution in [1.29, 1.82) is 0 Å². The molecule has 2 aromatic rings. The molecule has 1 atom stereocenters. The third-order valence-corrected chi connectivity index (χ3v) is 5.43. The predicted octanol–water partition coefficient (Wildman–Crippen LogP) is 1.26. The standard InChI is InChI=1S/C23H26N6O4/c1-2-33-22(32)16-6-8-17(9-7-16)25-20(30)15-18-21(31)27-23(26-18)29-13-11-28(12-14-29)19-5-3-4-10-24-19/h3-10,18H,2,11-15H2,1H3,(H,25,30)(H,26,27,31)/t18-/m0/s1. The number of nitrogens with zero attached hydrogens (tertiary/aromatic N) is 4. The van der Waals surface area contributed by atoms with E-state index >= 15 is 0 Å². The smallest absolute Gasteiger partial charge is 0.338 e. The molecule has 0 unspecified atom stereocenters. The quantitative estimate of drug-likeness (QED) is 0.637. The maximum atomic E-state index is 12.4. The molecule has 2 aliphatic rings. The van der Waals surface area contributed by atoms with Crippen molar-refractivity contribution in [3.8, 4) is 0 Å². The summed E-state index contributed by atoms with van der Waals surface area (Å²) >= 11 is 0. The molecule has 10 nitrogen and oxygen atoms in total. The van der Waals surface area contributed by atoms with Gasteiger partial charge >= 0.3 is 5.97 Å². The number of carbonyl (C=O) groups excluding carboxylic acids is 3. The molecule has 1 aromatic carbocycles. The highest BCUT2D eigenvalue weighted by molar-refractivity contribution is 6.07. The molecule has 10 heteroatoms. The minimum Gasteiger partial charge on any atom is -0.462 e. The van der Waals surface area contributed by atoms with E-state index in [2.05, 4.69) is 25.5 Å². The lowest BCUT2D eigenvalue weighted by atomic mass is 10.2. The number of nitrogens with one attached hydrogen (secondary N) is 2. The molecule has 0 spiro atoms. The van der Waals surface area contributed by atoms with E-state index in [1.807, 2.05) is 23.1 Å². The highest BCUT2D eigenvalue weighted by atomic mass is 16.5. The topological polar surface area (TPSA) is 116 Å². The van der Waals surface area contributed by atoms with E-state index in [-0.39, 0.29) is 18.2 Å². The van der Waals surface area contributed by atoms with Gasteiger partial charge in [0.15, 0.2) is 0 Å². The van der Waals surface area contributed by atoms with Crippen molar-refractivity contribution in [2.45, 2.75) is 19.4 Å². The van der Waals surface area contributed by atoms with Crippen LogP contribution in [0.2, 0.25) is 0 Å². The predicted molar refractivity (Wildman–Crippen MR) is 123 cm³/mol. The fourth-order valence-electron chi connectivity index (χ4n) is 3.71. The minimum atomic E-state index is -0.771. The monoisotopic (exact) mass is 450 g/mol. The molecular formula is C23H26N6O4. The fraction of sp³-hybridized carbons (Fsp3) is 0.348. The number of benzene rings is 1. The molecule has 2 amide bonds. The van der Waals surface area contributed by atoms with Crippen LogP contribution in [0.15, 0.2) is 53.7 Å². The maximum absolute atomic E-state index is 12.4. The van der Waals surface area contributed by atoms with Crippen LogP contribution in [0.4, 0.5) is 11.5 Å². The van der Waals surface area contributed by atoms with Gasteiger partial charge in [-0.3, -0.25) is 14.9 Å². The first kappa shape index (κ1) is 22.3. The molecule has 2 N–H and O–H groups in total. The first-order valence-electron chi connectivity index (χ1n) is 10.9. The molecule has 33 heavy (non-hydrogen) atoms. The van der Waals surface area contributed by atoms with Crippen molar-refractivity contribution in [1.82, 2.24) is 15.2 Å². The first-order valence-corrected chi connectivity index (χ1v) is 10.9. The molecule has 0 bridgehead atoms. The summed E-state index contributed by atoms with van der Waals surface area (Å²) in [5, 5.41) is 5.54. The maximum Gasteiger partial charge on any atom is 0.338 e. The second-order valence-corrected chi connectivity index (χ2v) is 7.67. The second-order valence-electron chi connectivity index (χ2n) is 7.67. The number of amides is 2. The zero-order valence-corrected chi connectivity index (χ0v) is 18.4. The van der Waals surface area contributed by atoms with Gasteiger partial charge in [-0.2, -0.15) is 0 Å².